The van der Waals surface area contributed by atoms with Gasteiger partial charge in [0.2, 0.25) is 0 Å². The third-order valence-corrected chi connectivity index (χ3v) is 11.2. The van der Waals surface area contributed by atoms with E-state index in [2.05, 4.69) is 69.2 Å². The summed E-state index contributed by atoms with van der Waals surface area (Å²) in [6, 6.07) is 0. The van der Waals surface area contributed by atoms with Crippen LogP contribution in [0.1, 0.15) is 133 Å². The molecule has 0 amide bonds. The van der Waals surface area contributed by atoms with Gasteiger partial charge in [-0.1, -0.05) is 101 Å². The third kappa shape index (κ3) is 8.23. The quantitative estimate of drug-likeness (QED) is 0.383. The first-order valence-corrected chi connectivity index (χ1v) is 15.3. The van der Waals surface area contributed by atoms with E-state index in [9.17, 15) is 0 Å². The molecule has 0 spiro atoms. The lowest BCUT2D eigenvalue weighted by molar-refractivity contribution is 0.0689. The minimum atomic E-state index is 0.491. The number of hydrogen-bond acceptors (Lipinski definition) is 1. The molecule has 0 heterocycles. The smallest absolute Gasteiger partial charge is 0.00925 e. The van der Waals surface area contributed by atoms with Crippen LogP contribution in [0.15, 0.2) is 0 Å². The van der Waals surface area contributed by atoms with Gasteiger partial charge in [0.1, 0.15) is 0 Å². The lowest BCUT2D eigenvalue weighted by Crippen LogP contribution is -2.35. The first-order valence-electron chi connectivity index (χ1n) is 14.7. The Bertz CT molecular complexity index is 487. The van der Waals surface area contributed by atoms with E-state index in [-0.39, 0.29) is 0 Å². The monoisotopic (exact) mass is 466 g/mol. The summed E-state index contributed by atoms with van der Waals surface area (Å²) in [7, 11) is 0. The van der Waals surface area contributed by atoms with Crippen LogP contribution < -0.4 is 0 Å². The zero-order valence-electron chi connectivity index (χ0n) is 23.9. The molecular formula is C31H62S. The molecule has 1 aliphatic rings. The lowest BCUT2D eigenvalue weighted by atomic mass is 9.62. The summed E-state index contributed by atoms with van der Waals surface area (Å²) in [6.07, 6.45) is 13.8. The highest BCUT2D eigenvalue weighted by Crippen LogP contribution is 2.48. The molecule has 32 heavy (non-hydrogen) atoms. The largest absolute Gasteiger partial charge is 0.179 e. The van der Waals surface area contributed by atoms with E-state index in [1.807, 2.05) is 0 Å². The average molecular weight is 467 g/mol. The van der Waals surface area contributed by atoms with E-state index in [4.69, 9.17) is 12.6 Å². The highest BCUT2D eigenvalue weighted by molar-refractivity contribution is 7.80. The first-order chi connectivity index (χ1) is 15.1. The molecule has 10 unspecified atom stereocenters. The summed E-state index contributed by atoms with van der Waals surface area (Å²) >= 11 is 4.76. The van der Waals surface area contributed by atoms with Crippen molar-refractivity contribution in [3.05, 3.63) is 0 Å². The van der Waals surface area contributed by atoms with Gasteiger partial charge in [0.25, 0.3) is 0 Å². The van der Waals surface area contributed by atoms with E-state index >= 15 is 0 Å². The fourth-order valence-corrected chi connectivity index (χ4v) is 8.03. The molecule has 0 aliphatic heterocycles. The predicted octanol–water partition coefficient (Wildman–Crippen LogP) is 10.6. The molecule has 1 fully saturated rings. The van der Waals surface area contributed by atoms with E-state index in [0.29, 0.717) is 5.41 Å². The number of hydrogen-bond donors (Lipinski definition) is 1. The molecule has 0 radical (unpaired) electrons. The Hall–Kier alpha value is 0.350. The molecule has 0 saturated heterocycles. The molecule has 1 heteroatoms. The standard InChI is InChI=1S/C31H62S/c1-11-29-15-14-16-30(12-2)31(13-3,17-18-32)21-26(8)24(6)19-22(4)23(5)20-25(7)27(9)28(29)10/h22-30,32H,11-21H2,1-10H3. The lowest BCUT2D eigenvalue weighted by Gasteiger charge is -2.44. The molecule has 10 atom stereocenters. The first kappa shape index (κ1) is 30.4. The Labute approximate surface area is 210 Å². The predicted molar refractivity (Wildman–Crippen MR) is 151 cm³/mol. The summed E-state index contributed by atoms with van der Waals surface area (Å²) in [5.41, 5.74) is 0.491. The zero-order chi connectivity index (χ0) is 24.5. The highest BCUT2D eigenvalue weighted by atomic mass is 32.1. The second-order valence-electron chi connectivity index (χ2n) is 12.7. The fourth-order valence-electron chi connectivity index (χ4n) is 7.59. The van der Waals surface area contributed by atoms with Gasteiger partial charge in [-0.05, 0) is 96.5 Å². The van der Waals surface area contributed by atoms with Crippen molar-refractivity contribution >= 4 is 12.6 Å². The molecule has 1 aliphatic carbocycles. The maximum atomic E-state index is 4.76. The van der Waals surface area contributed by atoms with Crippen LogP contribution in [0.2, 0.25) is 0 Å². The van der Waals surface area contributed by atoms with Gasteiger partial charge in [-0.25, -0.2) is 0 Å². The van der Waals surface area contributed by atoms with Crippen molar-refractivity contribution in [3.8, 4) is 0 Å². The Morgan fingerprint density at radius 1 is 0.688 bits per heavy atom. The van der Waals surface area contributed by atoms with Crippen molar-refractivity contribution in [2.24, 2.45) is 58.7 Å². The second kappa shape index (κ2) is 14.7. The average Bonchev–Trinajstić information content (AvgIpc) is 2.77. The van der Waals surface area contributed by atoms with E-state index < -0.39 is 0 Å². The minimum Gasteiger partial charge on any atom is -0.179 e. The van der Waals surface area contributed by atoms with Crippen LogP contribution in [0.5, 0.6) is 0 Å². The maximum Gasteiger partial charge on any atom is -0.00925 e. The molecule has 0 bridgehead atoms. The van der Waals surface area contributed by atoms with Crippen LogP contribution >= 0.6 is 12.6 Å². The molecule has 1 saturated carbocycles. The van der Waals surface area contributed by atoms with Gasteiger partial charge in [-0.15, -0.1) is 0 Å². The van der Waals surface area contributed by atoms with Gasteiger partial charge in [0.05, 0.1) is 0 Å². The van der Waals surface area contributed by atoms with Crippen LogP contribution in [-0.4, -0.2) is 5.75 Å². The minimum absolute atomic E-state index is 0.491. The molecule has 0 nitrogen and oxygen atoms in total. The summed E-state index contributed by atoms with van der Waals surface area (Å²) in [6.45, 7) is 25.3. The normalized spacial score (nSPS) is 43.8. The maximum absolute atomic E-state index is 4.76. The Kier molecular flexibility index (Phi) is 13.9. The van der Waals surface area contributed by atoms with Gasteiger partial charge in [0, 0.05) is 0 Å². The van der Waals surface area contributed by atoms with Crippen LogP contribution in [0.4, 0.5) is 0 Å². The van der Waals surface area contributed by atoms with E-state index in [0.717, 1.165) is 59.0 Å². The summed E-state index contributed by atoms with van der Waals surface area (Å²) in [5.74, 6) is 8.61. The highest BCUT2D eigenvalue weighted by Gasteiger charge is 2.38. The SMILES string of the molecule is CCC1CCCC(CC)C(CC)(CCS)CC(C)C(C)CC(C)C(C)CC(C)C(C)C1C. The molecule has 0 aromatic rings. The number of thiol groups is 1. The molecule has 0 N–H and O–H groups in total. The van der Waals surface area contributed by atoms with E-state index in [1.165, 1.54) is 64.2 Å². The summed E-state index contributed by atoms with van der Waals surface area (Å²) in [4.78, 5) is 0. The van der Waals surface area contributed by atoms with Crippen molar-refractivity contribution in [1.82, 2.24) is 0 Å². The molecule has 192 valence electrons. The van der Waals surface area contributed by atoms with Gasteiger partial charge in [0.15, 0.2) is 0 Å². The molecule has 1 rings (SSSR count). The van der Waals surface area contributed by atoms with Crippen LogP contribution in [0.3, 0.4) is 0 Å². The van der Waals surface area contributed by atoms with Crippen molar-refractivity contribution < 1.29 is 0 Å². The van der Waals surface area contributed by atoms with Crippen molar-refractivity contribution in [3.63, 3.8) is 0 Å². The molecular weight excluding hydrogens is 404 g/mol. The van der Waals surface area contributed by atoms with Crippen molar-refractivity contribution in [2.75, 3.05) is 5.75 Å². The van der Waals surface area contributed by atoms with Gasteiger partial charge in [-0.2, -0.15) is 12.6 Å². The van der Waals surface area contributed by atoms with Gasteiger partial charge < -0.3 is 0 Å². The molecule has 0 aromatic heterocycles. The van der Waals surface area contributed by atoms with Crippen molar-refractivity contribution in [2.45, 2.75) is 133 Å². The Morgan fingerprint density at radius 3 is 1.75 bits per heavy atom. The Morgan fingerprint density at radius 2 is 1.25 bits per heavy atom. The van der Waals surface area contributed by atoms with Crippen LogP contribution in [0, 0.1) is 58.7 Å². The summed E-state index contributed by atoms with van der Waals surface area (Å²) < 4.78 is 0. The Balaban J connectivity index is 3.23. The van der Waals surface area contributed by atoms with Gasteiger partial charge >= 0.3 is 0 Å². The summed E-state index contributed by atoms with van der Waals surface area (Å²) in [5, 5.41) is 0. The third-order valence-electron chi connectivity index (χ3n) is 11.0. The molecule has 0 aromatic carbocycles. The van der Waals surface area contributed by atoms with Crippen LogP contribution in [0.25, 0.3) is 0 Å². The zero-order valence-corrected chi connectivity index (χ0v) is 24.8. The van der Waals surface area contributed by atoms with Crippen molar-refractivity contribution in [1.29, 1.82) is 0 Å². The van der Waals surface area contributed by atoms with Gasteiger partial charge in [-0.3, -0.25) is 0 Å². The number of rotatable bonds is 5. The van der Waals surface area contributed by atoms with E-state index in [1.54, 1.807) is 0 Å². The van der Waals surface area contributed by atoms with Crippen LogP contribution in [-0.2, 0) is 0 Å². The topological polar surface area (TPSA) is 0 Å². The second-order valence-corrected chi connectivity index (χ2v) is 13.1. The fraction of sp³-hybridized carbons (Fsp3) is 1.00.